The van der Waals surface area contributed by atoms with Crippen LogP contribution in [-0.4, -0.2) is 67.3 Å². The highest BCUT2D eigenvalue weighted by molar-refractivity contribution is 9.10. The largest absolute Gasteiger partial charge is 0.482 e. The Balaban J connectivity index is 1.79. The predicted molar refractivity (Wildman–Crippen MR) is 138 cm³/mol. The van der Waals surface area contributed by atoms with Gasteiger partial charge in [-0.15, -0.1) is 0 Å². The summed E-state index contributed by atoms with van der Waals surface area (Å²) in [6.07, 6.45) is 2.18. The maximum atomic E-state index is 13.7. The first-order chi connectivity index (χ1) is 17.3. The van der Waals surface area contributed by atoms with Crippen molar-refractivity contribution in [2.75, 3.05) is 51.2 Å². The summed E-state index contributed by atoms with van der Waals surface area (Å²) in [5.74, 6) is -0.413. The predicted octanol–water partition coefficient (Wildman–Crippen LogP) is 3.60. The monoisotopic (exact) mass is 583 g/mol. The highest BCUT2D eigenvalue weighted by Crippen LogP contribution is 2.48. The molecule has 1 amide bonds. The van der Waals surface area contributed by atoms with Crippen LogP contribution in [0.5, 0.6) is 5.75 Å². The summed E-state index contributed by atoms with van der Waals surface area (Å²) in [7, 11) is -1.69. The van der Waals surface area contributed by atoms with Crippen molar-refractivity contribution in [1.29, 1.82) is 0 Å². The number of rotatable bonds is 10. The van der Waals surface area contributed by atoms with Gasteiger partial charge in [0.15, 0.2) is 17.1 Å². The zero-order valence-electron chi connectivity index (χ0n) is 20.6. The molecule has 1 spiro atoms. The number of carbonyl (C=O) groups is 1. The average Bonchev–Trinajstić information content (AvgIpc) is 3.35. The molecule has 4 rings (SSSR count). The molecule has 1 atom stereocenters. The van der Waals surface area contributed by atoms with Crippen LogP contribution in [0.3, 0.4) is 0 Å². The van der Waals surface area contributed by atoms with Crippen molar-refractivity contribution in [1.82, 2.24) is 9.58 Å². The number of carbonyl (C=O) groups excluding carboxylic acids is 1. The molecule has 0 aliphatic carbocycles. The van der Waals surface area contributed by atoms with Crippen LogP contribution in [0.1, 0.15) is 36.3 Å². The molecule has 0 bridgehead atoms. The van der Waals surface area contributed by atoms with E-state index in [0.29, 0.717) is 13.0 Å². The number of benzene rings is 1. The molecule has 0 unspecified atom stereocenters. The molecule has 1 saturated heterocycles. The van der Waals surface area contributed by atoms with E-state index in [1.54, 1.807) is 36.7 Å². The van der Waals surface area contributed by atoms with Crippen LogP contribution < -0.4 is 15.2 Å². The molecule has 0 saturated carbocycles. The maximum absolute atomic E-state index is 13.7. The van der Waals surface area contributed by atoms with E-state index in [-0.39, 0.29) is 61.0 Å². The summed E-state index contributed by atoms with van der Waals surface area (Å²) in [6, 6.07) is 9.41. The minimum atomic E-state index is -3.38. The Hall–Kier alpha value is -2.17. The van der Waals surface area contributed by atoms with E-state index < -0.39 is 18.7 Å². The third-order valence-electron chi connectivity index (χ3n) is 6.42. The molecule has 10 nitrogen and oxygen atoms in total. The third kappa shape index (κ3) is 4.99. The Morgan fingerprint density at radius 2 is 1.83 bits per heavy atom. The Morgan fingerprint density at radius 1 is 1.14 bits per heavy atom. The van der Waals surface area contributed by atoms with E-state index >= 15 is 0 Å². The fourth-order valence-electron chi connectivity index (χ4n) is 4.63. The molecule has 36 heavy (non-hydrogen) atoms. The van der Waals surface area contributed by atoms with E-state index in [1.165, 1.54) is 0 Å². The fourth-order valence-corrected chi connectivity index (χ4v) is 6.55. The molecule has 196 valence electrons. The van der Waals surface area contributed by atoms with Gasteiger partial charge in [-0.3, -0.25) is 23.8 Å². The first-order valence-electron chi connectivity index (χ1n) is 11.9. The van der Waals surface area contributed by atoms with E-state index in [0.717, 1.165) is 5.56 Å². The second-order valence-corrected chi connectivity index (χ2v) is 11.6. The van der Waals surface area contributed by atoms with E-state index in [9.17, 15) is 14.2 Å². The number of pyridine rings is 1. The van der Waals surface area contributed by atoms with Gasteiger partial charge in [0.2, 0.25) is 5.43 Å². The Labute approximate surface area is 218 Å². The summed E-state index contributed by atoms with van der Waals surface area (Å²) in [6.45, 7) is 5.07. The average molecular weight is 584 g/mol. The first kappa shape index (κ1) is 26.9. The van der Waals surface area contributed by atoms with E-state index in [4.69, 9.17) is 18.5 Å². The smallest absolute Gasteiger partial charge is 0.332 e. The van der Waals surface area contributed by atoms with Gasteiger partial charge in [-0.2, -0.15) is 0 Å². The zero-order valence-corrected chi connectivity index (χ0v) is 23.1. The molecule has 1 fully saturated rings. The number of aromatic nitrogens is 1. The molecule has 1 aromatic carbocycles. The van der Waals surface area contributed by atoms with Gasteiger partial charge < -0.3 is 23.4 Å². The van der Waals surface area contributed by atoms with E-state index in [2.05, 4.69) is 15.9 Å². The number of likely N-dealkylation sites (N-methyl/N-ethyl adjacent to an activating group) is 1. The highest BCUT2D eigenvalue weighted by Gasteiger charge is 2.52. The lowest BCUT2D eigenvalue weighted by Crippen LogP contribution is -2.70. The maximum Gasteiger partial charge on any atom is 0.332 e. The number of amides is 1. The van der Waals surface area contributed by atoms with Gasteiger partial charge in [-0.1, -0.05) is 30.3 Å². The molecule has 12 heteroatoms. The molecule has 0 radical (unpaired) electrons. The molecule has 2 aromatic rings. The third-order valence-corrected chi connectivity index (χ3v) is 9.03. The number of hydrogen-bond donors (Lipinski definition) is 0. The van der Waals surface area contributed by atoms with Crippen LogP contribution >= 0.6 is 23.5 Å². The Morgan fingerprint density at radius 3 is 2.44 bits per heavy atom. The van der Waals surface area contributed by atoms with Crippen LogP contribution in [0, 0.1) is 0 Å². The van der Waals surface area contributed by atoms with Crippen LogP contribution in [0.4, 0.5) is 0 Å². The molecule has 1 aromatic heterocycles. The number of ether oxygens (including phenoxy) is 2. The van der Waals surface area contributed by atoms with Crippen LogP contribution in [0.2, 0.25) is 0 Å². The summed E-state index contributed by atoms with van der Waals surface area (Å²) in [5.41, 5.74) is -0.300. The standard InChI is InChI=1S/C24H31BrN3O7P/c1-4-34-36(31,35-5-2)14-12-28-24(11-13-32-17-24)26(3)23(30)20-22(21(29)19(25)15-27(20)28)33-16-18-9-7-6-8-10-18/h6-10,15H,4-5,11-14,16-17H2,1-3H3/t24-/m0/s1. The number of nitrogens with zero attached hydrogens (tertiary/aromatic N) is 3. The zero-order chi connectivity index (χ0) is 25.9. The quantitative estimate of drug-likeness (QED) is 0.391. The first-order valence-corrected chi connectivity index (χ1v) is 14.4. The van der Waals surface area contributed by atoms with Crippen molar-refractivity contribution in [3.05, 3.63) is 62.5 Å². The van der Waals surface area contributed by atoms with Gasteiger partial charge in [0.25, 0.3) is 5.91 Å². The summed E-state index contributed by atoms with van der Waals surface area (Å²) >= 11 is 3.35. The van der Waals surface area contributed by atoms with Gasteiger partial charge in [0, 0.05) is 26.2 Å². The molecule has 2 aliphatic rings. The van der Waals surface area contributed by atoms with Crippen LogP contribution in [0.25, 0.3) is 0 Å². The van der Waals surface area contributed by atoms with Crippen molar-refractivity contribution in [2.45, 2.75) is 32.5 Å². The van der Waals surface area contributed by atoms with E-state index in [1.807, 2.05) is 35.3 Å². The normalized spacial score (nSPS) is 19.7. The molecule has 0 N–H and O–H groups in total. The Bertz CT molecular complexity index is 1190. The Kier molecular flexibility index (Phi) is 8.26. The van der Waals surface area contributed by atoms with Gasteiger partial charge in [0.1, 0.15) is 6.61 Å². The summed E-state index contributed by atoms with van der Waals surface area (Å²) < 4.78 is 37.9. The van der Waals surface area contributed by atoms with Gasteiger partial charge in [-0.25, -0.2) is 0 Å². The number of halogens is 1. The molecular weight excluding hydrogens is 553 g/mol. The fraction of sp³-hybridized carbons (Fsp3) is 0.500. The van der Waals surface area contributed by atoms with Gasteiger partial charge in [0.05, 0.1) is 37.1 Å². The van der Waals surface area contributed by atoms with Gasteiger partial charge in [-0.05, 0) is 35.3 Å². The minimum absolute atomic E-state index is 0.0540. The van der Waals surface area contributed by atoms with Crippen LogP contribution in [-0.2, 0) is 25.0 Å². The van der Waals surface area contributed by atoms with Crippen molar-refractivity contribution < 1.29 is 27.9 Å². The lowest BCUT2D eigenvalue weighted by Gasteiger charge is -2.52. The topological polar surface area (TPSA) is 99.5 Å². The summed E-state index contributed by atoms with van der Waals surface area (Å²) in [5, 5.41) is 1.90. The second kappa shape index (κ2) is 11.1. The molecule has 2 aliphatic heterocycles. The van der Waals surface area contributed by atoms with Crippen molar-refractivity contribution in [3.8, 4) is 5.75 Å². The SMILES string of the molecule is CCOP(=O)(CCN1n2cc(Br)c(=O)c(OCc3ccccc3)c2C(=O)N(C)[C@@]12CCOC2)OCC. The van der Waals surface area contributed by atoms with Gasteiger partial charge >= 0.3 is 7.60 Å². The van der Waals surface area contributed by atoms with Crippen molar-refractivity contribution in [2.24, 2.45) is 0 Å². The van der Waals surface area contributed by atoms with Crippen molar-refractivity contribution in [3.63, 3.8) is 0 Å². The minimum Gasteiger partial charge on any atom is -0.482 e. The molecule has 3 heterocycles. The van der Waals surface area contributed by atoms with Crippen molar-refractivity contribution >= 4 is 29.4 Å². The van der Waals surface area contributed by atoms with Crippen LogP contribution in [0.15, 0.2) is 45.8 Å². The number of fused-ring (bicyclic) bond motifs is 1. The lowest BCUT2D eigenvalue weighted by molar-refractivity contribution is 0.0304. The number of hydrogen-bond acceptors (Lipinski definition) is 8. The summed E-state index contributed by atoms with van der Waals surface area (Å²) in [4.78, 5) is 28.4. The lowest BCUT2D eigenvalue weighted by atomic mass is 10.0. The highest BCUT2D eigenvalue weighted by atomic mass is 79.9. The second-order valence-electron chi connectivity index (χ2n) is 8.55. The molecular formula is C24H31BrN3O7P.